The van der Waals surface area contributed by atoms with Gasteiger partial charge in [0.05, 0.1) is 19.3 Å². The number of rotatable bonds is 5. The molecular weight excluding hydrogens is 276 g/mol. The van der Waals surface area contributed by atoms with Crippen LogP contribution < -0.4 is 4.74 Å². The normalized spacial score (nSPS) is 10.1. The number of benzene rings is 2. The summed E-state index contributed by atoms with van der Waals surface area (Å²) < 4.78 is 10.3. The third kappa shape index (κ3) is 4.00. The summed E-state index contributed by atoms with van der Waals surface area (Å²) >= 11 is 5.82. The van der Waals surface area contributed by atoms with E-state index < -0.39 is 0 Å². The van der Waals surface area contributed by atoms with Gasteiger partial charge in [0.1, 0.15) is 5.75 Å². The van der Waals surface area contributed by atoms with E-state index in [0.717, 1.165) is 17.2 Å². The van der Waals surface area contributed by atoms with E-state index in [0.29, 0.717) is 12.2 Å². The lowest BCUT2D eigenvalue weighted by Gasteiger charge is -2.07. The minimum Gasteiger partial charge on any atom is -0.493 e. The van der Waals surface area contributed by atoms with Crippen LogP contribution in [0.1, 0.15) is 15.9 Å². The number of carbonyl (C=O) groups excluding carboxylic acids is 1. The van der Waals surface area contributed by atoms with Gasteiger partial charge in [-0.3, -0.25) is 0 Å². The van der Waals surface area contributed by atoms with Crippen molar-refractivity contribution in [2.75, 3.05) is 13.7 Å². The van der Waals surface area contributed by atoms with Crippen LogP contribution in [0.5, 0.6) is 5.75 Å². The molecule has 4 heteroatoms. The molecule has 2 aromatic rings. The highest BCUT2D eigenvalue weighted by molar-refractivity contribution is 6.30. The molecule has 0 atom stereocenters. The quantitative estimate of drug-likeness (QED) is 0.787. The van der Waals surface area contributed by atoms with E-state index in [4.69, 9.17) is 16.3 Å². The molecule has 104 valence electrons. The Hall–Kier alpha value is -2.00. The number of hydrogen-bond donors (Lipinski definition) is 0. The van der Waals surface area contributed by atoms with Crippen LogP contribution in [0.15, 0.2) is 48.5 Å². The van der Waals surface area contributed by atoms with Crippen molar-refractivity contribution in [3.05, 3.63) is 64.7 Å². The van der Waals surface area contributed by atoms with Crippen molar-refractivity contribution < 1.29 is 14.3 Å². The molecule has 0 unspecified atom stereocenters. The van der Waals surface area contributed by atoms with E-state index in [-0.39, 0.29) is 5.97 Å². The predicted molar refractivity (Wildman–Crippen MR) is 78.4 cm³/mol. The molecular formula is C16H15ClO3. The number of esters is 1. The fourth-order valence-electron chi connectivity index (χ4n) is 1.74. The van der Waals surface area contributed by atoms with Gasteiger partial charge >= 0.3 is 5.97 Å². The topological polar surface area (TPSA) is 35.5 Å². The van der Waals surface area contributed by atoms with E-state index in [1.165, 1.54) is 12.7 Å². The molecule has 0 aliphatic carbocycles. The van der Waals surface area contributed by atoms with Crippen LogP contribution in [0, 0.1) is 0 Å². The number of halogens is 1. The summed E-state index contributed by atoms with van der Waals surface area (Å²) in [5.74, 6) is 0.379. The average molecular weight is 291 g/mol. The van der Waals surface area contributed by atoms with Gasteiger partial charge in [-0.2, -0.15) is 0 Å². The van der Waals surface area contributed by atoms with Crippen LogP contribution in [0.2, 0.25) is 5.02 Å². The SMILES string of the molecule is COC(=O)c1ccc(OCCc2ccc(Cl)cc2)cc1. The minimum absolute atomic E-state index is 0.349. The molecule has 0 spiro atoms. The van der Waals surface area contributed by atoms with Crippen molar-refractivity contribution in [3.63, 3.8) is 0 Å². The molecule has 20 heavy (non-hydrogen) atoms. The second-order valence-electron chi connectivity index (χ2n) is 4.24. The van der Waals surface area contributed by atoms with Crippen LogP contribution in [-0.2, 0) is 11.2 Å². The zero-order valence-electron chi connectivity index (χ0n) is 11.1. The van der Waals surface area contributed by atoms with Gasteiger partial charge in [-0.1, -0.05) is 23.7 Å². The third-order valence-corrected chi connectivity index (χ3v) is 3.10. The van der Waals surface area contributed by atoms with Crippen LogP contribution in [-0.4, -0.2) is 19.7 Å². The highest BCUT2D eigenvalue weighted by Crippen LogP contribution is 2.14. The third-order valence-electron chi connectivity index (χ3n) is 2.85. The Morgan fingerprint density at radius 1 is 1.05 bits per heavy atom. The maximum Gasteiger partial charge on any atom is 0.337 e. The zero-order valence-corrected chi connectivity index (χ0v) is 11.9. The van der Waals surface area contributed by atoms with Gasteiger partial charge in [0, 0.05) is 11.4 Å². The number of hydrogen-bond acceptors (Lipinski definition) is 3. The molecule has 0 aliphatic heterocycles. The standard InChI is InChI=1S/C16H15ClO3/c1-19-16(18)13-4-8-15(9-5-13)20-11-10-12-2-6-14(17)7-3-12/h2-9H,10-11H2,1H3. The second-order valence-corrected chi connectivity index (χ2v) is 4.68. The van der Waals surface area contributed by atoms with E-state index in [2.05, 4.69) is 4.74 Å². The molecule has 0 aromatic heterocycles. The van der Waals surface area contributed by atoms with Gasteiger partial charge in [0.2, 0.25) is 0 Å². The van der Waals surface area contributed by atoms with Crippen molar-refractivity contribution in [1.82, 2.24) is 0 Å². The summed E-state index contributed by atoms with van der Waals surface area (Å²) in [6.07, 6.45) is 0.802. The van der Waals surface area contributed by atoms with Crippen LogP contribution in [0.25, 0.3) is 0 Å². The lowest BCUT2D eigenvalue weighted by molar-refractivity contribution is 0.0600. The summed E-state index contributed by atoms with van der Waals surface area (Å²) in [5.41, 5.74) is 1.68. The molecule has 0 bridgehead atoms. The van der Waals surface area contributed by atoms with Crippen LogP contribution >= 0.6 is 11.6 Å². The Labute approximate surface area is 123 Å². The lowest BCUT2D eigenvalue weighted by Crippen LogP contribution is -2.03. The van der Waals surface area contributed by atoms with E-state index in [9.17, 15) is 4.79 Å². The molecule has 2 rings (SSSR count). The van der Waals surface area contributed by atoms with Gasteiger partial charge in [0.15, 0.2) is 0 Å². The maximum atomic E-state index is 11.3. The molecule has 0 radical (unpaired) electrons. The Balaban J connectivity index is 1.85. The van der Waals surface area contributed by atoms with Crippen LogP contribution in [0.4, 0.5) is 0 Å². The van der Waals surface area contributed by atoms with Gasteiger partial charge < -0.3 is 9.47 Å². The Morgan fingerprint density at radius 3 is 2.30 bits per heavy atom. The number of methoxy groups -OCH3 is 1. The first-order chi connectivity index (χ1) is 9.69. The smallest absolute Gasteiger partial charge is 0.337 e. The van der Waals surface area contributed by atoms with Crippen molar-refractivity contribution in [2.24, 2.45) is 0 Å². The van der Waals surface area contributed by atoms with Crippen molar-refractivity contribution >= 4 is 17.6 Å². The van der Waals surface area contributed by atoms with E-state index >= 15 is 0 Å². The molecule has 0 saturated heterocycles. The summed E-state index contributed by atoms with van der Waals surface area (Å²) in [5, 5.41) is 0.730. The molecule has 0 N–H and O–H groups in total. The van der Waals surface area contributed by atoms with Gasteiger partial charge in [-0.15, -0.1) is 0 Å². The Kier molecular flexibility index (Phi) is 5.02. The predicted octanol–water partition coefficient (Wildman–Crippen LogP) is 3.75. The van der Waals surface area contributed by atoms with Crippen molar-refractivity contribution in [2.45, 2.75) is 6.42 Å². The monoisotopic (exact) mass is 290 g/mol. The largest absolute Gasteiger partial charge is 0.493 e. The molecule has 3 nitrogen and oxygen atoms in total. The van der Waals surface area contributed by atoms with E-state index in [1.807, 2.05) is 24.3 Å². The first-order valence-corrected chi connectivity index (χ1v) is 6.62. The molecule has 0 amide bonds. The zero-order chi connectivity index (χ0) is 14.4. The van der Waals surface area contributed by atoms with Crippen molar-refractivity contribution in [3.8, 4) is 5.75 Å². The van der Waals surface area contributed by atoms with Gasteiger partial charge in [-0.25, -0.2) is 4.79 Å². The highest BCUT2D eigenvalue weighted by atomic mass is 35.5. The lowest BCUT2D eigenvalue weighted by atomic mass is 10.2. The fraction of sp³-hybridized carbons (Fsp3) is 0.188. The second kappa shape index (κ2) is 6.96. The Morgan fingerprint density at radius 2 is 1.70 bits per heavy atom. The minimum atomic E-state index is -0.349. The van der Waals surface area contributed by atoms with Crippen LogP contribution in [0.3, 0.4) is 0 Å². The molecule has 0 heterocycles. The van der Waals surface area contributed by atoms with Gasteiger partial charge in [-0.05, 0) is 42.0 Å². The van der Waals surface area contributed by atoms with E-state index in [1.54, 1.807) is 24.3 Å². The number of ether oxygens (including phenoxy) is 2. The van der Waals surface area contributed by atoms with Crippen molar-refractivity contribution in [1.29, 1.82) is 0 Å². The van der Waals surface area contributed by atoms with Gasteiger partial charge in [0.25, 0.3) is 0 Å². The maximum absolute atomic E-state index is 11.3. The number of carbonyl (C=O) groups is 1. The summed E-state index contributed by atoms with van der Waals surface area (Å²) in [4.78, 5) is 11.3. The average Bonchev–Trinajstić information content (AvgIpc) is 2.49. The Bertz CT molecular complexity index is 561. The summed E-state index contributed by atoms with van der Waals surface area (Å²) in [7, 11) is 1.36. The fourth-order valence-corrected chi connectivity index (χ4v) is 1.87. The molecule has 0 saturated carbocycles. The highest BCUT2D eigenvalue weighted by Gasteiger charge is 2.04. The molecule has 0 aliphatic rings. The first-order valence-electron chi connectivity index (χ1n) is 6.24. The molecule has 2 aromatic carbocycles. The summed E-state index contributed by atoms with van der Waals surface area (Å²) in [6.45, 7) is 0.569. The molecule has 0 fully saturated rings. The first kappa shape index (κ1) is 14.4. The summed E-state index contributed by atoms with van der Waals surface area (Å²) in [6, 6.07) is 14.6.